The Labute approximate surface area is 121 Å². The average molecular weight is 282 g/mol. The fourth-order valence-electron chi connectivity index (χ4n) is 2.05. The molecule has 0 spiro atoms. The van der Waals surface area contributed by atoms with Gasteiger partial charge in [0.1, 0.15) is 0 Å². The van der Waals surface area contributed by atoms with Gasteiger partial charge in [0, 0.05) is 12.4 Å². The number of aromatic amines is 1. The molecule has 2 heterocycles. The van der Waals surface area contributed by atoms with Crippen LogP contribution in [0.15, 0.2) is 42.7 Å². The number of benzene rings is 1. The topological polar surface area (TPSA) is 79.9 Å². The third-order valence-electron chi connectivity index (χ3n) is 2.99. The molecule has 2 aromatic heterocycles. The highest BCUT2D eigenvalue weighted by Gasteiger charge is 2.08. The molecule has 0 aliphatic heterocycles. The summed E-state index contributed by atoms with van der Waals surface area (Å²) >= 11 is 0. The number of rotatable bonds is 3. The summed E-state index contributed by atoms with van der Waals surface area (Å²) in [5, 5.41) is 2.55. The second kappa shape index (κ2) is 5.62. The third-order valence-corrected chi connectivity index (χ3v) is 2.99. The molecular formula is C15H14N4O2. The molecule has 3 rings (SSSR count). The summed E-state index contributed by atoms with van der Waals surface area (Å²) in [5.41, 5.74) is 3.73. The van der Waals surface area contributed by atoms with E-state index in [1.807, 2.05) is 30.3 Å². The van der Waals surface area contributed by atoms with Crippen molar-refractivity contribution in [2.75, 3.05) is 11.9 Å². The molecule has 0 radical (unpaired) electrons. The first-order chi connectivity index (χ1) is 10.3. The van der Waals surface area contributed by atoms with Crippen molar-refractivity contribution in [3.8, 4) is 11.1 Å². The SMILES string of the molecule is CCOC(=O)Nc1nc2cc(-c3ccncc3)ccc2[nH]1. The van der Waals surface area contributed by atoms with Crippen LogP contribution in [-0.4, -0.2) is 27.7 Å². The summed E-state index contributed by atoms with van der Waals surface area (Å²) in [6.45, 7) is 2.07. The monoisotopic (exact) mass is 282 g/mol. The molecule has 1 amide bonds. The third kappa shape index (κ3) is 2.84. The van der Waals surface area contributed by atoms with E-state index in [1.54, 1.807) is 19.3 Å². The van der Waals surface area contributed by atoms with Crippen LogP contribution < -0.4 is 5.32 Å². The number of hydrogen-bond acceptors (Lipinski definition) is 4. The van der Waals surface area contributed by atoms with Crippen LogP contribution >= 0.6 is 0 Å². The predicted molar refractivity (Wildman–Crippen MR) is 80.0 cm³/mol. The van der Waals surface area contributed by atoms with Crippen LogP contribution in [0, 0.1) is 0 Å². The maximum atomic E-state index is 11.4. The van der Waals surface area contributed by atoms with Crippen molar-refractivity contribution in [2.24, 2.45) is 0 Å². The number of nitrogens with zero attached hydrogens (tertiary/aromatic N) is 2. The number of ether oxygens (including phenoxy) is 1. The van der Waals surface area contributed by atoms with E-state index in [2.05, 4.69) is 20.3 Å². The lowest BCUT2D eigenvalue weighted by Crippen LogP contribution is -2.14. The summed E-state index contributed by atoms with van der Waals surface area (Å²) in [6, 6.07) is 9.74. The highest BCUT2D eigenvalue weighted by atomic mass is 16.5. The molecule has 0 atom stereocenters. The molecule has 6 nitrogen and oxygen atoms in total. The van der Waals surface area contributed by atoms with Gasteiger partial charge in [-0.1, -0.05) is 6.07 Å². The Morgan fingerprint density at radius 3 is 2.81 bits per heavy atom. The Morgan fingerprint density at radius 1 is 1.24 bits per heavy atom. The zero-order valence-electron chi connectivity index (χ0n) is 11.5. The number of aromatic nitrogens is 3. The van der Waals surface area contributed by atoms with Crippen LogP contribution in [0.1, 0.15) is 6.92 Å². The predicted octanol–water partition coefficient (Wildman–Crippen LogP) is 3.19. The molecule has 3 aromatic rings. The van der Waals surface area contributed by atoms with E-state index < -0.39 is 6.09 Å². The molecule has 0 saturated carbocycles. The number of hydrogen-bond donors (Lipinski definition) is 2. The smallest absolute Gasteiger partial charge is 0.413 e. The standard InChI is InChI=1S/C15H14N4O2/c1-2-21-15(20)19-14-17-12-4-3-11(9-13(12)18-14)10-5-7-16-8-6-10/h3-9H,2H2,1H3,(H2,17,18,19,20). The average Bonchev–Trinajstić information content (AvgIpc) is 2.89. The highest BCUT2D eigenvalue weighted by Crippen LogP contribution is 2.23. The number of carbonyl (C=O) groups excluding carboxylic acids is 1. The first-order valence-electron chi connectivity index (χ1n) is 6.60. The van der Waals surface area contributed by atoms with Gasteiger partial charge in [-0.2, -0.15) is 0 Å². The molecule has 6 heteroatoms. The number of nitrogens with one attached hydrogen (secondary N) is 2. The van der Waals surface area contributed by atoms with Gasteiger partial charge >= 0.3 is 6.09 Å². The van der Waals surface area contributed by atoms with Crippen LogP contribution in [-0.2, 0) is 4.74 Å². The minimum Gasteiger partial charge on any atom is -0.450 e. The Kier molecular flexibility index (Phi) is 3.51. The zero-order chi connectivity index (χ0) is 14.7. The van der Waals surface area contributed by atoms with E-state index in [4.69, 9.17) is 4.74 Å². The van der Waals surface area contributed by atoms with Gasteiger partial charge in [-0.15, -0.1) is 0 Å². The van der Waals surface area contributed by atoms with Gasteiger partial charge in [-0.25, -0.2) is 9.78 Å². The molecule has 1 aromatic carbocycles. The number of amides is 1. The molecule has 0 saturated heterocycles. The molecule has 106 valence electrons. The summed E-state index contributed by atoms with van der Waals surface area (Å²) in [4.78, 5) is 22.7. The maximum Gasteiger partial charge on any atom is 0.413 e. The number of H-pyrrole nitrogens is 1. The summed E-state index contributed by atoms with van der Waals surface area (Å²) in [6.07, 6.45) is 2.97. The number of pyridine rings is 1. The van der Waals surface area contributed by atoms with Crippen molar-refractivity contribution < 1.29 is 9.53 Å². The summed E-state index contributed by atoms with van der Waals surface area (Å²) in [7, 11) is 0. The van der Waals surface area contributed by atoms with Gasteiger partial charge in [-0.3, -0.25) is 10.3 Å². The number of anilines is 1. The van der Waals surface area contributed by atoms with Crippen LogP contribution in [0.5, 0.6) is 0 Å². The van der Waals surface area contributed by atoms with Crippen molar-refractivity contribution in [1.29, 1.82) is 0 Å². The number of fused-ring (bicyclic) bond motifs is 1. The Hall–Kier alpha value is -2.89. The van der Waals surface area contributed by atoms with Crippen LogP contribution in [0.4, 0.5) is 10.7 Å². The lowest BCUT2D eigenvalue weighted by Gasteiger charge is -2.00. The van der Waals surface area contributed by atoms with E-state index in [0.29, 0.717) is 12.6 Å². The van der Waals surface area contributed by atoms with Crippen molar-refractivity contribution >= 4 is 23.1 Å². The molecule has 0 fully saturated rings. The summed E-state index contributed by atoms with van der Waals surface area (Å²) in [5.74, 6) is 0.371. The van der Waals surface area contributed by atoms with Crippen molar-refractivity contribution in [3.05, 3.63) is 42.7 Å². The second-order valence-corrected chi connectivity index (χ2v) is 4.40. The maximum absolute atomic E-state index is 11.4. The van der Waals surface area contributed by atoms with Gasteiger partial charge in [0.05, 0.1) is 17.6 Å². The Balaban J connectivity index is 1.90. The first kappa shape index (κ1) is 13.1. The van der Waals surface area contributed by atoms with E-state index in [1.165, 1.54) is 0 Å². The van der Waals surface area contributed by atoms with E-state index in [0.717, 1.165) is 22.2 Å². The van der Waals surface area contributed by atoms with Crippen molar-refractivity contribution in [3.63, 3.8) is 0 Å². The minimum absolute atomic E-state index is 0.318. The number of imidazole rings is 1. The lowest BCUT2D eigenvalue weighted by atomic mass is 10.1. The second-order valence-electron chi connectivity index (χ2n) is 4.40. The Bertz CT molecular complexity index is 768. The summed E-state index contributed by atoms with van der Waals surface area (Å²) < 4.78 is 4.82. The molecule has 2 N–H and O–H groups in total. The molecule has 0 unspecified atom stereocenters. The highest BCUT2D eigenvalue weighted by molar-refractivity contribution is 5.88. The fourth-order valence-corrected chi connectivity index (χ4v) is 2.05. The van der Waals surface area contributed by atoms with Gasteiger partial charge in [0.15, 0.2) is 0 Å². The Morgan fingerprint density at radius 2 is 2.05 bits per heavy atom. The quantitative estimate of drug-likeness (QED) is 0.773. The van der Waals surface area contributed by atoms with E-state index >= 15 is 0 Å². The largest absolute Gasteiger partial charge is 0.450 e. The normalized spacial score (nSPS) is 10.5. The van der Waals surface area contributed by atoms with Gasteiger partial charge in [0.2, 0.25) is 5.95 Å². The number of carbonyl (C=O) groups is 1. The van der Waals surface area contributed by atoms with Crippen molar-refractivity contribution in [1.82, 2.24) is 15.0 Å². The molecule has 21 heavy (non-hydrogen) atoms. The van der Waals surface area contributed by atoms with Gasteiger partial charge in [-0.05, 0) is 42.3 Å². The van der Waals surface area contributed by atoms with E-state index in [-0.39, 0.29) is 0 Å². The fraction of sp³-hybridized carbons (Fsp3) is 0.133. The molecular weight excluding hydrogens is 268 g/mol. The van der Waals surface area contributed by atoms with Crippen LogP contribution in [0.3, 0.4) is 0 Å². The lowest BCUT2D eigenvalue weighted by molar-refractivity contribution is 0.167. The van der Waals surface area contributed by atoms with Crippen molar-refractivity contribution in [2.45, 2.75) is 6.92 Å². The van der Waals surface area contributed by atoms with Gasteiger partial charge < -0.3 is 9.72 Å². The first-order valence-corrected chi connectivity index (χ1v) is 6.60. The van der Waals surface area contributed by atoms with Gasteiger partial charge in [0.25, 0.3) is 0 Å². The minimum atomic E-state index is -0.522. The molecule has 0 aliphatic rings. The zero-order valence-corrected chi connectivity index (χ0v) is 11.5. The molecule has 0 bridgehead atoms. The van der Waals surface area contributed by atoms with E-state index in [9.17, 15) is 4.79 Å². The van der Waals surface area contributed by atoms with Crippen LogP contribution in [0.25, 0.3) is 22.2 Å². The molecule has 0 aliphatic carbocycles. The van der Waals surface area contributed by atoms with Crippen LogP contribution in [0.2, 0.25) is 0 Å².